The minimum Gasteiger partial charge on any atom is -0.423 e. The van der Waals surface area contributed by atoms with E-state index in [1.807, 2.05) is 43.3 Å². The number of benzene rings is 5. The summed E-state index contributed by atoms with van der Waals surface area (Å²) in [5.74, 6) is -1.50. The molecular formula is C38H34N2O7S. The summed E-state index contributed by atoms with van der Waals surface area (Å²) in [5, 5.41) is 1.05. The molecule has 0 heterocycles. The van der Waals surface area contributed by atoms with E-state index in [9.17, 15) is 22.8 Å². The van der Waals surface area contributed by atoms with Crippen LogP contribution in [0, 0.1) is 6.92 Å². The summed E-state index contributed by atoms with van der Waals surface area (Å²) >= 11 is 0. The van der Waals surface area contributed by atoms with E-state index in [-0.39, 0.29) is 22.9 Å². The van der Waals surface area contributed by atoms with Crippen LogP contribution in [0.1, 0.15) is 31.9 Å². The van der Waals surface area contributed by atoms with Gasteiger partial charge >= 0.3 is 11.9 Å². The van der Waals surface area contributed by atoms with Gasteiger partial charge in [0.15, 0.2) is 11.5 Å². The van der Waals surface area contributed by atoms with E-state index >= 15 is 0 Å². The zero-order valence-corrected chi connectivity index (χ0v) is 27.7. The second kappa shape index (κ2) is 14.4. The molecule has 5 aromatic rings. The van der Waals surface area contributed by atoms with Crippen molar-refractivity contribution in [2.45, 2.75) is 32.6 Å². The van der Waals surface area contributed by atoms with E-state index in [1.54, 1.807) is 73.7 Å². The number of hydrogen-bond donors (Lipinski definition) is 0. The maximum Gasteiger partial charge on any atom is 0.308 e. The fourth-order valence-electron chi connectivity index (χ4n) is 5.40. The SMILES string of the molecule is CCN(c1ccccc1)S(=O)(=O)c1cccc2c(N(C(=O)/C=C/c3ccc(OC(C)=O)c(OC(C)=O)c3)c3ccccc3)cc(C)cc12. The highest BCUT2D eigenvalue weighted by Gasteiger charge is 2.27. The molecule has 1 amide bonds. The first kappa shape index (κ1) is 33.6. The lowest BCUT2D eigenvalue weighted by atomic mass is 10.0. The second-order valence-electron chi connectivity index (χ2n) is 10.9. The van der Waals surface area contributed by atoms with Crippen LogP contribution in [0.25, 0.3) is 16.8 Å². The summed E-state index contributed by atoms with van der Waals surface area (Å²) in [5.41, 5.74) is 2.88. The molecule has 0 spiro atoms. The van der Waals surface area contributed by atoms with Crippen molar-refractivity contribution in [1.82, 2.24) is 0 Å². The largest absolute Gasteiger partial charge is 0.423 e. The quantitative estimate of drug-likeness (QED) is 0.0861. The van der Waals surface area contributed by atoms with Crippen molar-refractivity contribution in [2.24, 2.45) is 0 Å². The van der Waals surface area contributed by atoms with Gasteiger partial charge in [-0.25, -0.2) is 8.42 Å². The van der Waals surface area contributed by atoms with E-state index in [0.29, 0.717) is 33.4 Å². The van der Waals surface area contributed by atoms with Gasteiger partial charge in [0.25, 0.3) is 15.9 Å². The fourth-order valence-corrected chi connectivity index (χ4v) is 7.07. The summed E-state index contributed by atoms with van der Waals surface area (Å²) in [7, 11) is -4.00. The van der Waals surface area contributed by atoms with Gasteiger partial charge in [-0.3, -0.25) is 23.6 Å². The Morgan fingerprint density at radius 1 is 0.708 bits per heavy atom. The van der Waals surface area contributed by atoms with Crippen molar-refractivity contribution in [3.05, 3.63) is 126 Å². The molecule has 0 aromatic heterocycles. The lowest BCUT2D eigenvalue weighted by Gasteiger charge is -2.26. The lowest BCUT2D eigenvalue weighted by molar-refractivity contribution is -0.134. The Labute approximate surface area is 279 Å². The monoisotopic (exact) mass is 662 g/mol. The van der Waals surface area contributed by atoms with E-state index in [1.165, 1.54) is 41.3 Å². The predicted octanol–water partition coefficient (Wildman–Crippen LogP) is 7.59. The van der Waals surface area contributed by atoms with E-state index in [0.717, 1.165) is 5.56 Å². The van der Waals surface area contributed by atoms with Crippen LogP contribution in [0.2, 0.25) is 0 Å². The third kappa shape index (κ3) is 7.29. The Kier molecular flexibility index (Phi) is 10.1. The Morgan fingerprint density at radius 3 is 1.96 bits per heavy atom. The van der Waals surface area contributed by atoms with Gasteiger partial charge in [-0.2, -0.15) is 0 Å². The van der Waals surface area contributed by atoms with Crippen molar-refractivity contribution in [3.8, 4) is 11.5 Å². The molecule has 0 atom stereocenters. The van der Waals surface area contributed by atoms with Crippen LogP contribution in [-0.4, -0.2) is 32.8 Å². The van der Waals surface area contributed by atoms with Crippen molar-refractivity contribution < 1.29 is 32.3 Å². The number of esters is 2. The number of carbonyl (C=O) groups excluding carboxylic acids is 3. The number of anilines is 3. The van der Waals surface area contributed by atoms with Gasteiger partial charge < -0.3 is 9.47 Å². The lowest BCUT2D eigenvalue weighted by Crippen LogP contribution is -2.31. The van der Waals surface area contributed by atoms with Crippen LogP contribution < -0.4 is 18.7 Å². The number of amides is 1. The van der Waals surface area contributed by atoms with Crippen molar-refractivity contribution >= 4 is 61.8 Å². The van der Waals surface area contributed by atoms with Crippen LogP contribution >= 0.6 is 0 Å². The Hall–Kier alpha value is -5.74. The van der Waals surface area contributed by atoms with Crippen LogP contribution in [0.3, 0.4) is 0 Å². The molecule has 0 aliphatic heterocycles. The highest BCUT2D eigenvalue weighted by Crippen LogP contribution is 2.38. The molecule has 10 heteroatoms. The number of sulfonamides is 1. The van der Waals surface area contributed by atoms with E-state index in [4.69, 9.17) is 9.47 Å². The van der Waals surface area contributed by atoms with Crippen LogP contribution in [0.4, 0.5) is 17.1 Å². The molecular weight excluding hydrogens is 628 g/mol. The summed E-state index contributed by atoms with van der Waals surface area (Å²) < 4.78 is 40.1. The number of aryl methyl sites for hydroxylation is 1. The molecule has 0 fully saturated rings. The van der Waals surface area contributed by atoms with Gasteiger partial charge in [0.1, 0.15) is 0 Å². The average molecular weight is 663 g/mol. The normalized spacial score (nSPS) is 11.3. The van der Waals surface area contributed by atoms with E-state index in [2.05, 4.69) is 0 Å². The molecule has 0 unspecified atom stereocenters. The van der Waals surface area contributed by atoms with Gasteiger partial charge in [-0.05, 0) is 85.6 Å². The Morgan fingerprint density at radius 2 is 1.33 bits per heavy atom. The molecule has 0 radical (unpaired) electrons. The summed E-state index contributed by atoms with van der Waals surface area (Å²) in [6, 6.07) is 31.3. The summed E-state index contributed by atoms with van der Waals surface area (Å²) in [4.78, 5) is 39.0. The fraction of sp³-hybridized carbons (Fsp3) is 0.132. The molecule has 0 N–H and O–H groups in total. The minimum absolute atomic E-state index is 0.0299. The Bertz CT molecular complexity index is 2130. The topological polar surface area (TPSA) is 110 Å². The highest BCUT2D eigenvalue weighted by molar-refractivity contribution is 7.93. The zero-order valence-electron chi connectivity index (χ0n) is 26.9. The number of fused-ring (bicyclic) bond motifs is 1. The minimum atomic E-state index is -4.00. The number of hydrogen-bond acceptors (Lipinski definition) is 7. The van der Waals surface area contributed by atoms with Crippen molar-refractivity contribution in [1.29, 1.82) is 0 Å². The maximum absolute atomic E-state index is 14.2. The maximum atomic E-state index is 14.2. The molecule has 0 bridgehead atoms. The molecule has 5 aromatic carbocycles. The number of nitrogens with zero attached hydrogens (tertiary/aromatic N) is 2. The second-order valence-corrected chi connectivity index (χ2v) is 12.7. The molecule has 0 aliphatic carbocycles. The van der Waals surface area contributed by atoms with Crippen molar-refractivity contribution in [3.63, 3.8) is 0 Å². The number of rotatable bonds is 10. The standard InChI is InChI=1S/C38H34N2O7S/c1-5-39(30-13-8-6-9-14-30)48(44,45)37-18-12-17-32-33(37)23-26(2)24-34(32)40(31-15-10-7-11-16-31)38(43)22-20-29-19-21-35(46-27(3)41)36(25-29)47-28(4)42/h6-25H,5H2,1-4H3/b22-20+. The highest BCUT2D eigenvalue weighted by atomic mass is 32.2. The average Bonchev–Trinajstić information content (AvgIpc) is 3.05. The van der Waals surface area contributed by atoms with E-state index < -0.39 is 27.9 Å². The van der Waals surface area contributed by atoms with Crippen LogP contribution in [0.15, 0.2) is 120 Å². The smallest absolute Gasteiger partial charge is 0.308 e. The zero-order chi connectivity index (χ0) is 34.4. The number of ether oxygens (including phenoxy) is 2. The molecule has 0 aliphatic rings. The molecule has 0 saturated heterocycles. The number of para-hydroxylation sites is 2. The van der Waals surface area contributed by atoms with Crippen LogP contribution in [0.5, 0.6) is 11.5 Å². The van der Waals surface area contributed by atoms with Gasteiger partial charge in [0.05, 0.1) is 16.3 Å². The first-order chi connectivity index (χ1) is 23.0. The summed E-state index contributed by atoms with van der Waals surface area (Å²) in [6.07, 6.45) is 2.92. The van der Waals surface area contributed by atoms with Gasteiger partial charge in [0.2, 0.25) is 0 Å². The molecule has 9 nitrogen and oxygen atoms in total. The molecule has 48 heavy (non-hydrogen) atoms. The first-order valence-corrected chi connectivity index (χ1v) is 16.6. The first-order valence-electron chi connectivity index (χ1n) is 15.2. The summed E-state index contributed by atoms with van der Waals surface area (Å²) in [6.45, 7) is 6.32. The molecule has 5 rings (SSSR count). The van der Waals surface area contributed by atoms with Gasteiger partial charge in [-0.1, -0.05) is 54.6 Å². The molecule has 244 valence electrons. The third-order valence-corrected chi connectivity index (χ3v) is 9.31. The third-order valence-electron chi connectivity index (χ3n) is 7.35. The predicted molar refractivity (Wildman–Crippen MR) is 187 cm³/mol. The van der Waals surface area contributed by atoms with Gasteiger partial charge in [0, 0.05) is 42.9 Å². The molecule has 0 saturated carbocycles. The van der Waals surface area contributed by atoms with Crippen molar-refractivity contribution in [2.75, 3.05) is 15.7 Å². The number of carbonyl (C=O) groups is 3. The van der Waals surface area contributed by atoms with Gasteiger partial charge in [-0.15, -0.1) is 0 Å². The van der Waals surface area contributed by atoms with Crippen LogP contribution in [-0.2, 0) is 24.4 Å². The Balaban J connectivity index is 1.62.